The average Bonchev–Trinajstić information content (AvgIpc) is 2.39. The van der Waals surface area contributed by atoms with Crippen molar-refractivity contribution in [2.75, 3.05) is 0 Å². The molecule has 0 atom stereocenters. The second kappa shape index (κ2) is 4.05. The number of fused-ring (bicyclic) bond motifs is 1. The molecule has 0 amide bonds. The number of hydrogen-bond acceptors (Lipinski definition) is 2. The molecule has 2 heteroatoms. The van der Waals surface area contributed by atoms with Crippen LogP contribution in [0.1, 0.15) is 25.7 Å². The molecule has 2 aliphatic rings. The third-order valence-electron chi connectivity index (χ3n) is 2.97. The van der Waals surface area contributed by atoms with E-state index in [9.17, 15) is 0 Å². The maximum Gasteiger partial charge on any atom is 0.170 e. The molecule has 2 nitrogen and oxygen atoms in total. The lowest BCUT2D eigenvalue weighted by Crippen LogP contribution is -2.08. The minimum Gasteiger partial charge on any atom is -0.457 e. The Morgan fingerprint density at radius 2 is 1.88 bits per heavy atom. The number of benzene rings is 1. The first-order valence-electron chi connectivity index (χ1n) is 5.76. The molecular weight excluding hydrogens is 200 g/mol. The highest BCUT2D eigenvalue weighted by atomic mass is 16.6. The van der Waals surface area contributed by atoms with E-state index >= 15 is 0 Å². The molecule has 0 unspecified atom stereocenters. The largest absolute Gasteiger partial charge is 0.457 e. The summed E-state index contributed by atoms with van der Waals surface area (Å²) in [7, 11) is 0. The maximum absolute atomic E-state index is 5.84. The molecule has 0 aromatic heterocycles. The van der Waals surface area contributed by atoms with Crippen molar-refractivity contribution >= 4 is 0 Å². The molecule has 82 valence electrons. The topological polar surface area (TPSA) is 18.5 Å². The Morgan fingerprint density at radius 3 is 2.69 bits per heavy atom. The van der Waals surface area contributed by atoms with Crippen LogP contribution in [0.15, 0.2) is 47.9 Å². The predicted molar refractivity (Wildman–Crippen MR) is 62.3 cm³/mol. The van der Waals surface area contributed by atoms with Crippen LogP contribution in [0.4, 0.5) is 0 Å². The van der Waals surface area contributed by atoms with Gasteiger partial charge in [0, 0.05) is 0 Å². The van der Waals surface area contributed by atoms with E-state index in [1.54, 1.807) is 6.26 Å². The molecule has 3 rings (SSSR count). The number of hydrogen-bond donors (Lipinski definition) is 0. The van der Waals surface area contributed by atoms with Crippen molar-refractivity contribution in [2.45, 2.75) is 25.7 Å². The number of ether oxygens (including phenoxy) is 2. The zero-order valence-electron chi connectivity index (χ0n) is 9.11. The van der Waals surface area contributed by atoms with Crippen LogP contribution in [0.2, 0.25) is 0 Å². The second-order valence-corrected chi connectivity index (χ2v) is 4.12. The number of allylic oxidation sites excluding steroid dienone is 2. The molecule has 1 aromatic carbocycles. The highest BCUT2D eigenvalue weighted by Crippen LogP contribution is 2.35. The summed E-state index contributed by atoms with van der Waals surface area (Å²) in [4.78, 5) is 0. The Balaban J connectivity index is 1.86. The van der Waals surface area contributed by atoms with Gasteiger partial charge in [-0.25, -0.2) is 0 Å². The van der Waals surface area contributed by atoms with E-state index in [0.29, 0.717) is 0 Å². The molecule has 0 spiro atoms. The van der Waals surface area contributed by atoms with E-state index in [1.807, 2.05) is 24.3 Å². The second-order valence-electron chi connectivity index (χ2n) is 4.12. The van der Waals surface area contributed by atoms with Crippen LogP contribution in [0.25, 0.3) is 0 Å². The molecule has 16 heavy (non-hydrogen) atoms. The van der Waals surface area contributed by atoms with Crippen molar-refractivity contribution in [3.05, 3.63) is 47.9 Å². The van der Waals surface area contributed by atoms with E-state index in [4.69, 9.17) is 9.47 Å². The first-order chi connectivity index (χ1) is 7.93. The third kappa shape index (κ3) is 1.71. The van der Waals surface area contributed by atoms with Crippen molar-refractivity contribution in [2.24, 2.45) is 0 Å². The smallest absolute Gasteiger partial charge is 0.170 e. The van der Waals surface area contributed by atoms with Gasteiger partial charge in [-0.3, -0.25) is 0 Å². The Labute approximate surface area is 95.2 Å². The van der Waals surface area contributed by atoms with E-state index in [2.05, 4.69) is 6.08 Å². The van der Waals surface area contributed by atoms with E-state index in [1.165, 1.54) is 18.4 Å². The van der Waals surface area contributed by atoms with Crippen molar-refractivity contribution in [3.63, 3.8) is 0 Å². The van der Waals surface area contributed by atoms with Gasteiger partial charge >= 0.3 is 0 Å². The summed E-state index contributed by atoms with van der Waals surface area (Å²) in [5, 5.41) is 0. The summed E-state index contributed by atoms with van der Waals surface area (Å²) in [5.41, 5.74) is 1.28. The highest BCUT2D eigenvalue weighted by molar-refractivity contribution is 5.45. The molecule has 0 bridgehead atoms. The van der Waals surface area contributed by atoms with Crippen LogP contribution in [0.5, 0.6) is 11.5 Å². The summed E-state index contributed by atoms with van der Waals surface area (Å²) in [6.07, 6.45) is 8.75. The molecule has 0 radical (unpaired) electrons. The Morgan fingerprint density at radius 1 is 1.00 bits per heavy atom. The lowest BCUT2D eigenvalue weighted by molar-refractivity contribution is 0.329. The van der Waals surface area contributed by atoms with Crippen molar-refractivity contribution in [1.82, 2.24) is 0 Å². The molecule has 1 heterocycles. The molecule has 0 N–H and O–H groups in total. The number of para-hydroxylation sites is 2. The summed E-state index contributed by atoms with van der Waals surface area (Å²) < 4.78 is 11.4. The van der Waals surface area contributed by atoms with Crippen molar-refractivity contribution in [1.29, 1.82) is 0 Å². The molecule has 0 saturated heterocycles. The van der Waals surface area contributed by atoms with Crippen molar-refractivity contribution < 1.29 is 9.47 Å². The Bertz CT molecular complexity index is 458. The van der Waals surface area contributed by atoms with Gasteiger partial charge in [-0.2, -0.15) is 0 Å². The van der Waals surface area contributed by atoms with E-state index in [0.717, 1.165) is 30.1 Å². The van der Waals surface area contributed by atoms with Crippen molar-refractivity contribution in [3.8, 4) is 11.5 Å². The molecular formula is C14H14O2. The zero-order chi connectivity index (χ0) is 10.8. The Kier molecular flexibility index (Phi) is 2.41. The van der Waals surface area contributed by atoms with Gasteiger partial charge in [0.25, 0.3) is 0 Å². The first-order valence-corrected chi connectivity index (χ1v) is 5.76. The standard InChI is InChI=1S/C14H14O2/c1-2-6-11(7-3-1)14-10-15-12-8-4-5-9-13(12)16-14/h4-6,8-10H,1-3,7H2. The fourth-order valence-corrected chi connectivity index (χ4v) is 2.09. The van der Waals surface area contributed by atoms with Gasteiger partial charge in [-0.15, -0.1) is 0 Å². The normalized spacial score (nSPS) is 18.8. The monoisotopic (exact) mass is 214 g/mol. The minimum atomic E-state index is 0.794. The minimum absolute atomic E-state index is 0.794. The van der Waals surface area contributed by atoms with Gasteiger partial charge in [0.2, 0.25) is 0 Å². The SMILES string of the molecule is C1=C(C2=COc3ccccc3O2)CCCC1. The van der Waals surface area contributed by atoms with Gasteiger partial charge in [0.15, 0.2) is 17.3 Å². The van der Waals surface area contributed by atoms with Crippen LogP contribution < -0.4 is 9.47 Å². The van der Waals surface area contributed by atoms with Crippen LogP contribution >= 0.6 is 0 Å². The van der Waals surface area contributed by atoms with Crippen LogP contribution in [-0.4, -0.2) is 0 Å². The first kappa shape index (κ1) is 9.52. The molecule has 1 aromatic rings. The highest BCUT2D eigenvalue weighted by Gasteiger charge is 2.17. The predicted octanol–water partition coefficient (Wildman–Crippen LogP) is 3.80. The maximum atomic E-state index is 5.84. The van der Waals surface area contributed by atoms with Crippen LogP contribution in [0.3, 0.4) is 0 Å². The van der Waals surface area contributed by atoms with E-state index in [-0.39, 0.29) is 0 Å². The fourth-order valence-electron chi connectivity index (χ4n) is 2.09. The average molecular weight is 214 g/mol. The van der Waals surface area contributed by atoms with Gasteiger partial charge < -0.3 is 9.47 Å². The van der Waals surface area contributed by atoms with Gasteiger partial charge in [-0.1, -0.05) is 18.2 Å². The van der Waals surface area contributed by atoms with Crippen LogP contribution in [-0.2, 0) is 0 Å². The van der Waals surface area contributed by atoms with Gasteiger partial charge in [0.05, 0.1) is 0 Å². The quantitative estimate of drug-likeness (QED) is 0.708. The van der Waals surface area contributed by atoms with E-state index < -0.39 is 0 Å². The molecule has 1 aliphatic carbocycles. The summed E-state index contributed by atoms with van der Waals surface area (Å²) in [5.74, 6) is 2.48. The Hall–Kier alpha value is -1.70. The lowest BCUT2D eigenvalue weighted by Gasteiger charge is -2.21. The van der Waals surface area contributed by atoms with Crippen LogP contribution in [0, 0.1) is 0 Å². The molecule has 1 aliphatic heterocycles. The number of rotatable bonds is 1. The van der Waals surface area contributed by atoms with Gasteiger partial charge in [-0.05, 0) is 43.4 Å². The fraction of sp³-hybridized carbons (Fsp3) is 0.286. The summed E-state index contributed by atoms with van der Waals surface area (Å²) in [6, 6.07) is 7.75. The zero-order valence-corrected chi connectivity index (χ0v) is 9.11. The molecule has 0 saturated carbocycles. The summed E-state index contributed by atoms with van der Waals surface area (Å²) in [6.45, 7) is 0. The molecule has 0 fully saturated rings. The third-order valence-corrected chi connectivity index (χ3v) is 2.97. The summed E-state index contributed by atoms with van der Waals surface area (Å²) >= 11 is 0. The lowest BCUT2D eigenvalue weighted by atomic mass is 9.98. The van der Waals surface area contributed by atoms with Gasteiger partial charge in [0.1, 0.15) is 6.26 Å².